The number of hydrogen-bond donors (Lipinski definition) is 0. The van der Waals surface area contributed by atoms with E-state index in [4.69, 9.17) is 0 Å². The van der Waals surface area contributed by atoms with E-state index in [1.807, 2.05) is 11.8 Å². The van der Waals surface area contributed by atoms with E-state index in [-0.39, 0.29) is 6.54 Å². The van der Waals surface area contributed by atoms with Crippen LogP contribution in [0.3, 0.4) is 0 Å². The number of fused-ring (bicyclic) bond motifs is 1. The molecule has 0 N–H and O–H groups in total. The smallest absolute Gasteiger partial charge is 0.355 e. The molecule has 0 radical (unpaired) electrons. The summed E-state index contributed by atoms with van der Waals surface area (Å²) in [7, 11) is 0. The van der Waals surface area contributed by atoms with Crippen molar-refractivity contribution < 1.29 is 18.0 Å². The number of aromatic nitrogens is 5. The van der Waals surface area contributed by atoms with Crippen molar-refractivity contribution in [1.29, 1.82) is 0 Å². The highest BCUT2D eigenvalue weighted by Gasteiger charge is 2.36. The van der Waals surface area contributed by atoms with Crippen molar-refractivity contribution in [2.24, 2.45) is 5.92 Å². The van der Waals surface area contributed by atoms with E-state index >= 15 is 0 Å². The van der Waals surface area contributed by atoms with Gasteiger partial charge in [0.15, 0.2) is 11.5 Å². The molecule has 1 saturated heterocycles. The molecular weight excluding hydrogens is 363 g/mol. The van der Waals surface area contributed by atoms with Gasteiger partial charge in [-0.1, -0.05) is 13.3 Å². The van der Waals surface area contributed by atoms with Gasteiger partial charge in [0.25, 0.3) is 0 Å². The number of piperidine rings is 1. The molecule has 0 aliphatic carbocycles. The number of unbranched alkanes of at least 4 members (excludes halogenated alkanes) is 1. The van der Waals surface area contributed by atoms with Crippen molar-refractivity contribution in [2.45, 2.75) is 38.8 Å². The summed E-state index contributed by atoms with van der Waals surface area (Å²) in [5, 5.41) is 15.4. The van der Waals surface area contributed by atoms with Gasteiger partial charge in [-0.25, -0.2) is 0 Å². The highest BCUT2D eigenvalue weighted by molar-refractivity contribution is 5.79. The molecule has 0 spiro atoms. The molecule has 0 bridgehead atoms. The number of tetrazole rings is 1. The lowest BCUT2D eigenvalue weighted by molar-refractivity contribution is -0.164. The third kappa shape index (κ3) is 4.83. The topological polar surface area (TPSA) is 79.5 Å². The van der Waals surface area contributed by atoms with E-state index in [0.29, 0.717) is 43.8 Å². The third-order valence-electron chi connectivity index (χ3n) is 4.69. The number of nitrogens with zero attached hydrogens (tertiary/aromatic N) is 7. The van der Waals surface area contributed by atoms with Gasteiger partial charge in [-0.05, 0) is 41.8 Å². The number of carbonyl (C=O) groups is 1. The first-order valence-corrected chi connectivity index (χ1v) is 9.03. The van der Waals surface area contributed by atoms with Gasteiger partial charge < -0.3 is 9.80 Å². The van der Waals surface area contributed by atoms with Crippen LogP contribution < -0.4 is 4.90 Å². The zero-order chi connectivity index (χ0) is 19.4. The van der Waals surface area contributed by atoms with E-state index in [9.17, 15) is 18.0 Å². The number of alkyl halides is 3. The fraction of sp³-hybridized carbons (Fsp3) is 0.688. The molecule has 0 unspecified atom stereocenters. The lowest BCUT2D eigenvalue weighted by Gasteiger charge is -2.35. The third-order valence-corrected chi connectivity index (χ3v) is 4.69. The summed E-state index contributed by atoms with van der Waals surface area (Å²) in [6.07, 6.45) is -2.08. The quantitative estimate of drug-likeness (QED) is 0.756. The normalized spacial score (nSPS) is 16.1. The van der Waals surface area contributed by atoms with Crippen LogP contribution in [-0.4, -0.2) is 68.4 Å². The maximum Gasteiger partial charge on any atom is 0.406 e. The van der Waals surface area contributed by atoms with Gasteiger partial charge in [0.05, 0.1) is 0 Å². The van der Waals surface area contributed by atoms with Crippen LogP contribution in [0, 0.1) is 5.92 Å². The maximum absolute atomic E-state index is 12.8. The Labute approximate surface area is 154 Å². The average molecular weight is 385 g/mol. The van der Waals surface area contributed by atoms with Gasteiger partial charge in [0, 0.05) is 25.6 Å². The number of hydrogen-bond acceptors (Lipinski definition) is 6. The predicted molar refractivity (Wildman–Crippen MR) is 91.1 cm³/mol. The molecule has 0 saturated carbocycles. The molecule has 0 aromatic carbocycles. The Morgan fingerprint density at radius 2 is 2.04 bits per heavy atom. The summed E-state index contributed by atoms with van der Waals surface area (Å²) in [5.41, 5.74) is 0.530. The van der Waals surface area contributed by atoms with Crippen molar-refractivity contribution in [3.63, 3.8) is 0 Å². The number of halogens is 3. The maximum atomic E-state index is 12.8. The number of anilines is 1. The molecule has 1 aliphatic heterocycles. The first-order chi connectivity index (χ1) is 12.9. The van der Waals surface area contributed by atoms with Crippen LogP contribution in [0.2, 0.25) is 0 Å². The standard InChI is InChI=1S/C16H22F3N7O/c1-2-3-8-25(11-16(17,18)19)15(27)12-6-9-24(10-7-12)14-5-4-13-20-22-23-26(13)21-14/h4-5,12H,2-3,6-11H2,1H3. The Bertz CT molecular complexity index is 771. The molecule has 3 heterocycles. The van der Waals surface area contributed by atoms with Crippen LogP contribution in [0.15, 0.2) is 12.1 Å². The summed E-state index contributed by atoms with van der Waals surface area (Å²) in [6.45, 7) is 1.95. The van der Waals surface area contributed by atoms with Crippen LogP contribution in [-0.2, 0) is 4.79 Å². The molecule has 1 aliphatic rings. The molecule has 2 aromatic rings. The molecule has 11 heteroatoms. The average Bonchev–Trinajstić information content (AvgIpc) is 3.11. The minimum Gasteiger partial charge on any atom is -0.355 e. The van der Waals surface area contributed by atoms with Crippen molar-refractivity contribution in [1.82, 2.24) is 30.2 Å². The Morgan fingerprint density at radius 1 is 1.30 bits per heavy atom. The Morgan fingerprint density at radius 3 is 2.70 bits per heavy atom. The zero-order valence-corrected chi connectivity index (χ0v) is 15.1. The van der Waals surface area contributed by atoms with E-state index in [0.717, 1.165) is 11.3 Å². The molecule has 148 valence electrons. The van der Waals surface area contributed by atoms with E-state index in [2.05, 4.69) is 20.6 Å². The van der Waals surface area contributed by atoms with Crippen molar-refractivity contribution in [2.75, 3.05) is 31.1 Å². The first kappa shape index (κ1) is 19.3. The molecule has 1 fully saturated rings. The van der Waals surface area contributed by atoms with Gasteiger partial charge in [-0.2, -0.15) is 13.2 Å². The van der Waals surface area contributed by atoms with Crippen LogP contribution >= 0.6 is 0 Å². The summed E-state index contributed by atoms with van der Waals surface area (Å²) in [6, 6.07) is 3.54. The largest absolute Gasteiger partial charge is 0.406 e. The fourth-order valence-corrected chi connectivity index (χ4v) is 3.26. The Hall–Kier alpha value is -2.46. The molecule has 3 rings (SSSR count). The fourth-order valence-electron chi connectivity index (χ4n) is 3.26. The summed E-state index contributed by atoms with van der Waals surface area (Å²) in [4.78, 5) is 15.6. The lowest BCUT2D eigenvalue weighted by Crippen LogP contribution is -2.46. The van der Waals surface area contributed by atoms with Gasteiger partial charge in [-0.15, -0.1) is 14.8 Å². The van der Waals surface area contributed by atoms with Gasteiger partial charge in [-0.3, -0.25) is 4.79 Å². The van der Waals surface area contributed by atoms with Crippen LogP contribution in [0.25, 0.3) is 5.65 Å². The predicted octanol–water partition coefficient (Wildman–Crippen LogP) is 1.93. The van der Waals surface area contributed by atoms with E-state index in [1.165, 1.54) is 4.63 Å². The van der Waals surface area contributed by atoms with Crippen LogP contribution in [0.5, 0.6) is 0 Å². The van der Waals surface area contributed by atoms with E-state index < -0.39 is 24.5 Å². The van der Waals surface area contributed by atoms with E-state index in [1.54, 1.807) is 12.1 Å². The molecule has 1 amide bonds. The van der Waals surface area contributed by atoms with Gasteiger partial charge in [0.2, 0.25) is 5.91 Å². The second-order valence-electron chi connectivity index (χ2n) is 6.71. The first-order valence-electron chi connectivity index (χ1n) is 9.03. The second kappa shape index (κ2) is 8.05. The SMILES string of the molecule is CCCCN(CC(F)(F)F)C(=O)C1CCN(c2ccc3nnnn3n2)CC1. The minimum absolute atomic E-state index is 0.145. The monoisotopic (exact) mass is 385 g/mol. The minimum atomic E-state index is -4.38. The summed E-state index contributed by atoms with van der Waals surface area (Å²) in [5.74, 6) is -0.111. The summed E-state index contributed by atoms with van der Waals surface area (Å²) < 4.78 is 39.8. The Kier molecular flexibility index (Phi) is 5.76. The van der Waals surface area contributed by atoms with Gasteiger partial charge in [0.1, 0.15) is 6.54 Å². The van der Waals surface area contributed by atoms with Crippen LogP contribution in [0.1, 0.15) is 32.6 Å². The lowest BCUT2D eigenvalue weighted by atomic mass is 9.95. The molecule has 8 nitrogen and oxygen atoms in total. The number of carbonyl (C=O) groups excluding carboxylic acids is 1. The molecule has 2 aromatic heterocycles. The molecule has 27 heavy (non-hydrogen) atoms. The van der Waals surface area contributed by atoms with Crippen molar-refractivity contribution >= 4 is 17.4 Å². The molecular formula is C16H22F3N7O. The number of amides is 1. The van der Waals surface area contributed by atoms with Crippen molar-refractivity contribution in [3.05, 3.63) is 12.1 Å². The van der Waals surface area contributed by atoms with Gasteiger partial charge >= 0.3 is 6.18 Å². The van der Waals surface area contributed by atoms with Crippen LogP contribution in [0.4, 0.5) is 19.0 Å². The summed E-state index contributed by atoms with van der Waals surface area (Å²) >= 11 is 0. The number of rotatable bonds is 6. The second-order valence-corrected chi connectivity index (χ2v) is 6.71. The highest BCUT2D eigenvalue weighted by Crippen LogP contribution is 2.25. The Balaban J connectivity index is 1.61. The molecule has 0 atom stereocenters. The zero-order valence-electron chi connectivity index (χ0n) is 15.1. The van der Waals surface area contributed by atoms with Crippen molar-refractivity contribution in [3.8, 4) is 0 Å². The highest BCUT2D eigenvalue weighted by atomic mass is 19.4.